The Labute approximate surface area is 55.1 Å². The van der Waals surface area contributed by atoms with Gasteiger partial charge in [-0.3, -0.25) is 10.6 Å². The molecule has 0 aromatic carbocycles. The number of allylic oxidation sites excluding steroid dienone is 1. The summed E-state index contributed by atoms with van der Waals surface area (Å²) in [5, 5.41) is 16.8. The SMILES string of the molecule is C/C=C/C(=N)N(O)CC. The van der Waals surface area contributed by atoms with Crippen LogP contribution in [-0.4, -0.2) is 22.7 Å². The molecule has 0 aromatic rings. The zero-order valence-electron chi connectivity index (χ0n) is 5.76. The van der Waals surface area contributed by atoms with E-state index in [-0.39, 0.29) is 5.84 Å². The van der Waals surface area contributed by atoms with Gasteiger partial charge in [0.1, 0.15) is 5.84 Å². The monoisotopic (exact) mass is 128 g/mol. The van der Waals surface area contributed by atoms with Gasteiger partial charge in [-0.25, -0.2) is 5.06 Å². The van der Waals surface area contributed by atoms with E-state index < -0.39 is 0 Å². The lowest BCUT2D eigenvalue weighted by molar-refractivity contribution is -0.00892. The second kappa shape index (κ2) is 4.09. The number of rotatable bonds is 2. The fourth-order valence-corrected chi connectivity index (χ4v) is 0.414. The fraction of sp³-hybridized carbons (Fsp3) is 0.500. The molecular weight excluding hydrogens is 116 g/mol. The third-order valence-electron chi connectivity index (χ3n) is 0.902. The van der Waals surface area contributed by atoms with E-state index in [0.29, 0.717) is 6.54 Å². The predicted molar refractivity (Wildman–Crippen MR) is 36.7 cm³/mol. The van der Waals surface area contributed by atoms with Crippen molar-refractivity contribution in [3.63, 3.8) is 0 Å². The van der Waals surface area contributed by atoms with Crippen LogP contribution in [-0.2, 0) is 0 Å². The van der Waals surface area contributed by atoms with Crippen LogP contribution in [0.2, 0.25) is 0 Å². The van der Waals surface area contributed by atoms with Gasteiger partial charge >= 0.3 is 0 Å². The summed E-state index contributed by atoms with van der Waals surface area (Å²) in [5.74, 6) is 0.125. The average Bonchev–Trinajstić information content (AvgIpc) is 1.87. The number of nitrogens with zero attached hydrogens (tertiary/aromatic N) is 1. The van der Waals surface area contributed by atoms with E-state index in [2.05, 4.69) is 0 Å². The first-order chi connectivity index (χ1) is 4.22. The summed E-state index contributed by atoms with van der Waals surface area (Å²) >= 11 is 0. The van der Waals surface area contributed by atoms with Crippen LogP contribution in [0.25, 0.3) is 0 Å². The molecule has 0 bridgehead atoms. The molecule has 0 radical (unpaired) electrons. The van der Waals surface area contributed by atoms with Gasteiger partial charge in [-0.05, 0) is 19.9 Å². The standard InChI is InChI=1S/C6H12N2O/c1-3-5-6(7)8(9)4-2/h3,5,7,9H,4H2,1-2H3/b5-3+,7-6?. The van der Waals surface area contributed by atoms with E-state index in [0.717, 1.165) is 5.06 Å². The minimum Gasteiger partial charge on any atom is -0.287 e. The minimum absolute atomic E-state index is 0.125. The Morgan fingerprint density at radius 2 is 2.33 bits per heavy atom. The molecule has 0 aliphatic heterocycles. The molecule has 0 aromatic heterocycles. The maximum absolute atomic E-state index is 8.82. The molecule has 0 spiro atoms. The Hall–Kier alpha value is -0.830. The lowest BCUT2D eigenvalue weighted by atomic mass is 10.5. The third-order valence-corrected chi connectivity index (χ3v) is 0.902. The van der Waals surface area contributed by atoms with Crippen molar-refractivity contribution in [3.8, 4) is 0 Å². The number of hydrogen-bond donors (Lipinski definition) is 2. The molecule has 0 rings (SSSR count). The topological polar surface area (TPSA) is 47.3 Å². The van der Waals surface area contributed by atoms with Gasteiger partial charge in [-0.2, -0.15) is 0 Å². The first-order valence-corrected chi connectivity index (χ1v) is 2.90. The van der Waals surface area contributed by atoms with Crippen molar-refractivity contribution in [1.82, 2.24) is 5.06 Å². The van der Waals surface area contributed by atoms with Gasteiger partial charge < -0.3 is 0 Å². The summed E-state index contributed by atoms with van der Waals surface area (Å²) < 4.78 is 0. The quantitative estimate of drug-likeness (QED) is 0.334. The van der Waals surface area contributed by atoms with E-state index in [1.165, 1.54) is 6.08 Å². The molecule has 0 unspecified atom stereocenters. The van der Waals surface area contributed by atoms with E-state index >= 15 is 0 Å². The molecule has 0 heterocycles. The first kappa shape index (κ1) is 8.17. The third kappa shape index (κ3) is 2.87. The van der Waals surface area contributed by atoms with Gasteiger partial charge in [0.05, 0.1) is 0 Å². The van der Waals surface area contributed by atoms with Crippen molar-refractivity contribution in [3.05, 3.63) is 12.2 Å². The number of hydroxylamine groups is 2. The average molecular weight is 128 g/mol. The maximum Gasteiger partial charge on any atom is 0.144 e. The first-order valence-electron chi connectivity index (χ1n) is 2.90. The van der Waals surface area contributed by atoms with Gasteiger partial charge in [0.25, 0.3) is 0 Å². The molecule has 0 amide bonds. The molecule has 0 saturated heterocycles. The molecule has 0 fully saturated rings. The van der Waals surface area contributed by atoms with Crippen LogP contribution in [0.3, 0.4) is 0 Å². The van der Waals surface area contributed by atoms with Crippen LogP contribution in [0.1, 0.15) is 13.8 Å². The zero-order valence-corrected chi connectivity index (χ0v) is 5.76. The molecule has 9 heavy (non-hydrogen) atoms. The van der Waals surface area contributed by atoms with Crippen LogP contribution in [0, 0.1) is 5.41 Å². The lowest BCUT2D eigenvalue weighted by Gasteiger charge is -2.10. The Morgan fingerprint density at radius 3 is 2.67 bits per heavy atom. The van der Waals surface area contributed by atoms with Gasteiger partial charge in [0.2, 0.25) is 0 Å². The van der Waals surface area contributed by atoms with Crippen molar-refractivity contribution in [1.29, 1.82) is 5.41 Å². The van der Waals surface area contributed by atoms with Crippen molar-refractivity contribution in [2.45, 2.75) is 13.8 Å². The largest absolute Gasteiger partial charge is 0.287 e. The summed E-state index contributed by atoms with van der Waals surface area (Å²) in [6, 6.07) is 0. The van der Waals surface area contributed by atoms with E-state index in [9.17, 15) is 0 Å². The molecule has 3 heteroatoms. The highest BCUT2D eigenvalue weighted by Crippen LogP contribution is 1.84. The number of amidine groups is 1. The van der Waals surface area contributed by atoms with Gasteiger partial charge in [-0.15, -0.1) is 0 Å². The fourth-order valence-electron chi connectivity index (χ4n) is 0.414. The summed E-state index contributed by atoms with van der Waals surface area (Å²) in [7, 11) is 0. The Kier molecular flexibility index (Phi) is 3.71. The predicted octanol–water partition coefficient (Wildman–Crippen LogP) is 1.25. The van der Waals surface area contributed by atoms with E-state index in [1.54, 1.807) is 19.9 Å². The maximum atomic E-state index is 8.82. The van der Waals surface area contributed by atoms with E-state index in [4.69, 9.17) is 10.6 Å². The molecule has 3 nitrogen and oxygen atoms in total. The van der Waals surface area contributed by atoms with Crippen LogP contribution < -0.4 is 0 Å². The highest BCUT2D eigenvalue weighted by atomic mass is 16.5. The number of likely N-dealkylation sites (N-methyl/N-ethyl adjacent to an activating group) is 1. The van der Waals surface area contributed by atoms with Crippen molar-refractivity contribution in [2.75, 3.05) is 6.54 Å². The second-order valence-corrected chi connectivity index (χ2v) is 1.60. The normalized spacial score (nSPS) is 10.1. The van der Waals surface area contributed by atoms with Crippen LogP contribution in [0.15, 0.2) is 12.2 Å². The summed E-state index contributed by atoms with van der Waals surface area (Å²) in [5.41, 5.74) is 0. The Bertz CT molecular complexity index is 120. The van der Waals surface area contributed by atoms with E-state index in [1.807, 2.05) is 0 Å². The minimum atomic E-state index is 0.125. The zero-order chi connectivity index (χ0) is 7.28. The molecule has 0 saturated carbocycles. The van der Waals surface area contributed by atoms with Crippen LogP contribution >= 0.6 is 0 Å². The van der Waals surface area contributed by atoms with Crippen LogP contribution in [0.4, 0.5) is 0 Å². The number of hydrogen-bond acceptors (Lipinski definition) is 2. The molecule has 52 valence electrons. The summed E-state index contributed by atoms with van der Waals surface area (Å²) in [6.07, 6.45) is 3.24. The molecule has 0 atom stereocenters. The van der Waals surface area contributed by atoms with Crippen molar-refractivity contribution >= 4 is 5.84 Å². The van der Waals surface area contributed by atoms with Crippen LogP contribution in [0.5, 0.6) is 0 Å². The van der Waals surface area contributed by atoms with Gasteiger partial charge in [0.15, 0.2) is 0 Å². The summed E-state index contributed by atoms with van der Waals surface area (Å²) in [4.78, 5) is 0. The van der Waals surface area contributed by atoms with Gasteiger partial charge in [-0.1, -0.05) is 6.08 Å². The number of nitrogens with one attached hydrogen (secondary N) is 1. The highest BCUT2D eigenvalue weighted by molar-refractivity contribution is 5.89. The Balaban J connectivity index is 3.73. The lowest BCUT2D eigenvalue weighted by Crippen LogP contribution is -2.24. The molecular formula is C6H12N2O. The highest BCUT2D eigenvalue weighted by Gasteiger charge is 1.95. The van der Waals surface area contributed by atoms with Crippen molar-refractivity contribution < 1.29 is 5.21 Å². The molecule has 0 aliphatic carbocycles. The summed E-state index contributed by atoms with van der Waals surface area (Å²) in [6.45, 7) is 4.03. The smallest absolute Gasteiger partial charge is 0.144 e. The molecule has 0 aliphatic rings. The Morgan fingerprint density at radius 1 is 1.78 bits per heavy atom. The second-order valence-electron chi connectivity index (χ2n) is 1.60. The molecule has 2 N–H and O–H groups in total. The van der Waals surface area contributed by atoms with Crippen molar-refractivity contribution in [2.24, 2.45) is 0 Å². The van der Waals surface area contributed by atoms with Gasteiger partial charge in [0, 0.05) is 6.54 Å².